The van der Waals surface area contributed by atoms with E-state index in [9.17, 15) is 22.4 Å². The van der Waals surface area contributed by atoms with Crippen LogP contribution in [0.4, 0.5) is 17.6 Å². The topological polar surface area (TPSA) is 29.1 Å². The highest BCUT2D eigenvalue weighted by molar-refractivity contribution is 5.94. The van der Waals surface area contributed by atoms with Crippen LogP contribution < -0.4 is 5.32 Å². The minimum absolute atomic E-state index is 0.298. The van der Waals surface area contributed by atoms with E-state index < -0.39 is 29.0 Å². The van der Waals surface area contributed by atoms with E-state index in [0.29, 0.717) is 37.1 Å². The summed E-state index contributed by atoms with van der Waals surface area (Å²) in [7, 11) is 0. The molecule has 1 rings (SSSR count). The standard InChI is InChI=1S/C13H15F4NO/c1-8(2)5-6-18-12(19)10-7-9(13(15,16)17)3-4-11(10)14/h3-4,7-8H,5-6H2,1-2H3,(H,18,19). The third-order valence-electron chi connectivity index (χ3n) is 2.55. The number of hydrogen-bond donors (Lipinski definition) is 1. The van der Waals surface area contributed by atoms with Crippen molar-refractivity contribution < 1.29 is 22.4 Å². The van der Waals surface area contributed by atoms with Crippen molar-refractivity contribution in [2.75, 3.05) is 6.54 Å². The van der Waals surface area contributed by atoms with Crippen LogP contribution in [-0.4, -0.2) is 12.5 Å². The molecule has 19 heavy (non-hydrogen) atoms. The van der Waals surface area contributed by atoms with E-state index in [1.807, 2.05) is 13.8 Å². The van der Waals surface area contributed by atoms with Crippen molar-refractivity contribution in [1.82, 2.24) is 5.32 Å². The third-order valence-corrected chi connectivity index (χ3v) is 2.55. The maximum absolute atomic E-state index is 13.4. The Bertz CT molecular complexity index is 454. The quantitative estimate of drug-likeness (QED) is 0.837. The molecule has 106 valence electrons. The molecule has 0 atom stereocenters. The Morgan fingerprint density at radius 3 is 2.47 bits per heavy atom. The Labute approximate surface area is 108 Å². The summed E-state index contributed by atoms with van der Waals surface area (Å²) in [5.41, 5.74) is -1.62. The molecule has 0 unspecified atom stereocenters. The molecule has 1 aromatic rings. The Morgan fingerprint density at radius 1 is 1.32 bits per heavy atom. The average molecular weight is 277 g/mol. The van der Waals surface area contributed by atoms with Crippen LogP contribution in [0.3, 0.4) is 0 Å². The molecule has 0 aliphatic rings. The Morgan fingerprint density at radius 2 is 1.95 bits per heavy atom. The van der Waals surface area contributed by atoms with Gasteiger partial charge in [0.2, 0.25) is 0 Å². The molecular formula is C13H15F4NO. The second-order valence-electron chi connectivity index (χ2n) is 4.63. The predicted octanol–water partition coefficient (Wildman–Crippen LogP) is 3.62. The smallest absolute Gasteiger partial charge is 0.352 e. The van der Waals surface area contributed by atoms with Crippen LogP contribution in [0.25, 0.3) is 0 Å². The van der Waals surface area contributed by atoms with Gasteiger partial charge in [-0.1, -0.05) is 13.8 Å². The zero-order chi connectivity index (χ0) is 14.6. The van der Waals surface area contributed by atoms with Gasteiger partial charge >= 0.3 is 6.18 Å². The largest absolute Gasteiger partial charge is 0.416 e. The van der Waals surface area contributed by atoms with Crippen molar-refractivity contribution in [1.29, 1.82) is 0 Å². The van der Waals surface area contributed by atoms with Gasteiger partial charge in [0.1, 0.15) is 5.82 Å². The summed E-state index contributed by atoms with van der Waals surface area (Å²) >= 11 is 0. The van der Waals surface area contributed by atoms with E-state index in [-0.39, 0.29) is 0 Å². The van der Waals surface area contributed by atoms with Gasteiger partial charge < -0.3 is 5.32 Å². The van der Waals surface area contributed by atoms with E-state index in [1.165, 1.54) is 0 Å². The molecule has 1 aromatic carbocycles. The van der Waals surface area contributed by atoms with Crippen LogP contribution >= 0.6 is 0 Å². The van der Waals surface area contributed by atoms with Crippen molar-refractivity contribution in [3.05, 3.63) is 35.1 Å². The van der Waals surface area contributed by atoms with Gasteiger partial charge in [-0.05, 0) is 30.5 Å². The highest BCUT2D eigenvalue weighted by atomic mass is 19.4. The second-order valence-corrected chi connectivity index (χ2v) is 4.63. The highest BCUT2D eigenvalue weighted by Gasteiger charge is 2.31. The van der Waals surface area contributed by atoms with E-state index in [0.717, 1.165) is 0 Å². The summed E-state index contributed by atoms with van der Waals surface area (Å²) in [6, 6.07) is 1.79. The number of rotatable bonds is 4. The Hall–Kier alpha value is -1.59. The molecular weight excluding hydrogens is 262 g/mol. The van der Waals surface area contributed by atoms with Crippen molar-refractivity contribution in [3.8, 4) is 0 Å². The first-order chi connectivity index (χ1) is 8.71. The molecule has 1 amide bonds. The SMILES string of the molecule is CC(C)CCNC(=O)c1cc(C(F)(F)F)ccc1F. The number of nitrogens with one attached hydrogen (secondary N) is 1. The van der Waals surface area contributed by atoms with E-state index >= 15 is 0 Å². The number of carbonyl (C=O) groups excluding carboxylic acids is 1. The molecule has 0 bridgehead atoms. The normalized spacial score (nSPS) is 11.7. The molecule has 0 spiro atoms. The maximum atomic E-state index is 13.4. The van der Waals surface area contributed by atoms with Crippen LogP contribution in [0.1, 0.15) is 36.2 Å². The van der Waals surface area contributed by atoms with Crippen molar-refractivity contribution in [2.45, 2.75) is 26.4 Å². The number of halogens is 4. The monoisotopic (exact) mass is 277 g/mol. The fourth-order valence-electron chi connectivity index (χ4n) is 1.45. The van der Waals surface area contributed by atoms with Gasteiger partial charge in [0.15, 0.2) is 0 Å². The van der Waals surface area contributed by atoms with Gasteiger partial charge in [-0.25, -0.2) is 4.39 Å². The summed E-state index contributed by atoms with van der Waals surface area (Å²) < 4.78 is 50.8. The molecule has 0 aromatic heterocycles. The number of benzene rings is 1. The molecule has 0 heterocycles. The number of carbonyl (C=O) groups is 1. The molecule has 0 aliphatic carbocycles. The molecule has 6 heteroatoms. The van der Waals surface area contributed by atoms with Crippen molar-refractivity contribution in [3.63, 3.8) is 0 Å². The fraction of sp³-hybridized carbons (Fsp3) is 0.462. The first-order valence-electron chi connectivity index (χ1n) is 5.86. The lowest BCUT2D eigenvalue weighted by molar-refractivity contribution is -0.137. The summed E-state index contributed by atoms with van der Waals surface area (Å²) in [4.78, 5) is 11.6. The lowest BCUT2D eigenvalue weighted by atomic mass is 10.1. The summed E-state index contributed by atoms with van der Waals surface area (Å²) in [5, 5.41) is 2.40. The predicted molar refractivity (Wildman–Crippen MR) is 63.2 cm³/mol. The van der Waals surface area contributed by atoms with Gasteiger partial charge in [-0.2, -0.15) is 13.2 Å². The molecule has 0 aliphatic heterocycles. The van der Waals surface area contributed by atoms with Gasteiger partial charge in [0.25, 0.3) is 5.91 Å². The van der Waals surface area contributed by atoms with Gasteiger partial charge in [0.05, 0.1) is 11.1 Å². The van der Waals surface area contributed by atoms with Crippen LogP contribution in [0, 0.1) is 11.7 Å². The van der Waals surface area contributed by atoms with Crippen molar-refractivity contribution >= 4 is 5.91 Å². The van der Waals surface area contributed by atoms with Gasteiger partial charge in [0, 0.05) is 6.54 Å². The molecule has 0 radical (unpaired) electrons. The lowest BCUT2D eigenvalue weighted by Crippen LogP contribution is -2.26. The minimum atomic E-state index is -4.60. The number of amides is 1. The van der Waals surface area contributed by atoms with Crippen molar-refractivity contribution in [2.24, 2.45) is 5.92 Å². The first kappa shape index (κ1) is 15.5. The average Bonchev–Trinajstić information content (AvgIpc) is 2.27. The van der Waals surface area contributed by atoms with Gasteiger partial charge in [-0.15, -0.1) is 0 Å². The number of hydrogen-bond acceptors (Lipinski definition) is 1. The fourth-order valence-corrected chi connectivity index (χ4v) is 1.45. The third kappa shape index (κ3) is 4.54. The first-order valence-corrected chi connectivity index (χ1v) is 5.86. The summed E-state index contributed by atoms with van der Waals surface area (Å²) in [6.07, 6.45) is -3.92. The van der Waals surface area contributed by atoms with Crippen LogP contribution in [0.5, 0.6) is 0 Å². The zero-order valence-electron chi connectivity index (χ0n) is 10.6. The summed E-state index contributed by atoms with van der Waals surface area (Å²) in [5.74, 6) is -1.45. The number of alkyl halides is 3. The van der Waals surface area contributed by atoms with E-state index in [1.54, 1.807) is 0 Å². The molecule has 2 nitrogen and oxygen atoms in total. The Kier molecular flexibility index (Phi) is 4.91. The van der Waals surface area contributed by atoms with Crippen LogP contribution in [0.15, 0.2) is 18.2 Å². The minimum Gasteiger partial charge on any atom is -0.352 e. The summed E-state index contributed by atoms with van der Waals surface area (Å²) in [6.45, 7) is 4.18. The molecule has 0 saturated heterocycles. The van der Waals surface area contributed by atoms with E-state index in [2.05, 4.69) is 5.32 Å². The highest BCUT2D eigenvalue weighted by Crippen LogP contribution is 2.30. The lowest BCUT2D eigenvalue weighted by Gasteiger charge is -2.11. The van der Waals surface area contributed by atoms with Crippen LogP contribution in [-0.2, 0) is 6.18 Å². The van der Waals surface area contributed by atoms with Gasteiger partial charge in [-0.3, -0.25) is 4.79 Å². The maximum Gasteiger partial charge on any atom is 0.416 e. The van der Waals surface area contributed by atoms with Crippen LogP contribution in [0.2, 0.25) is 0 Å². The molecule has 0 saturated carbocycles. The second kappa shape index (κ2) is 6.04. The Balaban J connectivity index is 2.84. The zero-order valence-corrected chi connectivity index (χ0v) is 10.6. The molecule has 1 N–H and O–H groups in total. The van der Waals surface area contributed by atoms with E-state index in [4.69, 9.17) is 0 Å². The molecule has 0 fully saturated rings.